The van der Waals surface area contributed by atoms with Crippen LogP contribution in [-0.2, 0) is 4.74 Å². The summed E-state index contributed by atoms with van der Waals surface area (Å²) in [4.78, 5) is 2.32. The summed E-state index contributed by atoms with van der Waals surface area (Å²) in [6.07, 6.45) is 4.26. The van der Waals surface area contributed by atoms with E-state index in [0.717, 1.165) is 6.54 Å². The summed E-state index contributed by atoms with van der Waals surface area (Å²) in [5, 5.41) is 0. The molecule has 0 aromatic rings. The molecule has 2 heteroatoms. The molecule has 2 nitrogen and oxygen atoms in total. The Morgan fingerprint density at radius 3 is 2.33 bits per heavy atom. The topological polar surface area (TPSA) is 12.5 Å². The average Bonchev–Trinajstić information content (AvgIpc) is 2.06. The first-order valence-corrected chi connectivity index (χ1v) is 4.95. The van der Waals surface area contributed by atoms with Crippen LogP contribution < -0.4 is 0 Å². The third-order valence-corrected chi connectivity index (χ3v) is 1.91. The molecule has 1 aliphatic rings. The Hall–Kier alpha value is -0.0800. The van der Waals surface area contributed by atoms with Crippen molar-refractivity contribution in [2.45, 2.75) is 39.2 Å². The molecule has 0 bridgehead atoms. The second kappa shape index (κ2) is 7.56. The van der Waals surface area contributed by atoms with Gasteiger partial charge in [0.05, 0.1) is 6.10 Å². The zero-order valence-electron chi connectivity index (χ0n) is 8.97. The molecule has 12 heavy (non-hydrogen) atoms. The predicted octanol–water partition coefficient (Wildman–Crippen LogP) is 2.14. The summed E-state index contributed by atoms with van der Waals surface area (Å²) in [6, 6.07) is 0. The Kier molecular flexibility index (Phi) is 7.51. The molecule has 0 saturated carbocycles. The van der Waals surface area contributed by atoms with Crippen molar-refractivity contribution < 1.29 is 4.74 Å². The highest BCUT2D eigenvalue weighted by Crippen LogP contribution is 2.09. The lowest BCUT2D eigenvalue weighted by atomic mass is 10.1. The monoisotopic (exact) mass is 173 g/mol. The standard InChI is InChI=1S/C7H15NO.C3H8/c1-8-5-3-4-7(6-8)9-2;1-3-2/h7H,3-6H2,1-2H3;3H2,1-2H3. The predicted molar refractivity (Wildman–Crippen MR) is 53.5 cm³/mol. The van der Waals surface area contributed by atoms with Gasteiger partial charge < -0.3 is 9.64 Å². The van der Waals surface area contributed by atoms with E-state index in [4.69, 9.17) is 4.74 Å². The highest BCUT2D eigenvalue weighted by atomic mass is 16.5. The molecule has 1 atom stereocenters. The smallest absolute Gasteiger partial charge is 0.0698 e. The second-order valence-electron chi connectivity index (χ2n) is 3.47. The van der Waals surface area contributed by atoms with E-state index in [1.807, 2.05) is 0 Å². The van der Waals surface area contributed by atoms with E-state index in [2.05, 4.69) is 25.8 Å². The number of nitrogens with zero attached hydrogens (tertiary/aromatic N) is 1. The van der Waals surface area contributed by atoms with Crippen LogP contribution in [0.4, 0.5) is 0 Å². The molecule has 1 fully saturated rings. The quantitative estimate of drug-likeness (QED) is 0.602. The Morgan fingerprint density at radius 2 is 2.00 bits per heavy atom. The summed E-state index contributed by atoms with van der Waals surface area (Å²) in [5.74, 6) is 0. The van der Waals surface area contributed by atoms with Crippen molar-refractivity contribution in [2.24, 2.45) is 0 Å². The molecule has 1 saturated heterocycles. The minimum atomic E-state index is 0.490. The number of likely N-dealkylation sites (tertiary alicyclic amines) is 1. The van der Waals surface area contributed by atoms with Crippen LogP contribution in [0.2, 0.25) is 0 Å². The first-order valence-electron chi connectivity index (χ1n) is 4.95. The number of likely N-dealkylation sites (N-methyl/N-ethyl adjacent to an activating group) is 1. The Balaban J connectivity index is 0.000000354. The maximum absolute atomic E-state index is 5.22. The van der Waals surface area contributed by atoms with Crippen LogP contribution in [0.1, 0.15) is 33.1 Å². The highest BCUT2D eigenvalue weighted by Gasteiger charge is 2.15. The zero-order chi connectivity index (χ0) is 9.40. The van der Waals surface area contributed by atoms with Gasteiger partial charge >= 0.3 is 0 Å². The van der Waals surface area contributed by atoms with E-state index in [-0.39, 0.29) is 0 Å². The van der Waals surface area contributed by atoms with Crippen LogP contribution in [0.25, 0.3) is 0 Å². The molecule has 0 aromatic heterocycles. The lowest BCUT2D eigenvalue weighted by Gasteiger charge is -2.28. The van der Waals surface area contributed by atoms with E-state index in [9.17, 15) is 0 Å². The number of piperidine rings is 1. The molecule has 1 rings (SSSR count). The molecule has 0 spiro atoms. The summed E-state index contributed by atoms with van der Waals surface area (Å²) >= 11 is 0. The molecule has 0 amide bonds. The van der Waals surface area contributed by atoms with E-state index in [1.165, 1.54) is 25.8 Å². The Labute approximate surface area is 76.9 Å². The van der Waals surface area contributed by atoms with Crippen molar-refractivity contribution in [3.63, 3.8) is 0 Å². The normalized spacial score (nSPS) is 24.5. The van der Waals surface area contributed by atoms with Gasteiger partial charge in [0.1, 0.15) is 0 Å². The molecule has 0 N–H and O–H groups in total. The average molecular weight is 173 g/mol. The lowest BCUT2D eigenvalue weighted by molar-refractivity contribution is 0.0408. The van der Waals surface area contributed by atoms with Crippen LogP contribution in [0.15, 0.2) is 0 Å². The fourth-order valence-corrected chi connectivity index (χ4v) is 1.31. The maximum atomic E-state index is 5.22. The SMILES string of the molecule is CCC.COC1CCCN(C)C1. The molecule has 74 valence electrons. The minimum absolute atomic E-state index is 0.490. The highest BCUT2D eigenvalue weighted by molar-refractivity contribution is 4.69. The van der Waals surface area contributed by atoms with Crippen molar-refractivity contribution in [1.29, 1.82) is 0 Å². The van der Waals surface area contributed by atoms with Crippen molar-refractivity contribution >= 4 is 0 Å². The lowest BCUT2D eigenvalue weighted by Crippen LogP contribution is -2.36. The van der Waals surface area contributed by atoms with Gasteiger partial charge in [0.2, 0.25) is 0 Å². The Morgan fingerprint density at radius 1 is 1.42 bits per heavy atom. The van der Waals surface area contributed by atoms with Gasteiger partial charge in [0.15, 0.2) is 0 Å². The molecule has 0 radical (unpaired) electrons. The minimum Gasteiger partial charge on any atom is -0.380 e. The third kappa shape index (κ3) is 5.56. The third-order valence-electron chi connectivity index (χ3n) is 1.91. The summed E-state index contributed by atoms with van der Waals surface area (Å²) < 4.78 is 5.22. The van der Waals surface area contributed by atoms with Crippen LogP contribution in [0.3, 0.4) is 0 Å². The van der Waals surface area contributed by atoms with Gasteiger partial charge in [0, 0.05) is 13.7 Å². The van der Waals surface area contributed by atoms with E-state index < -0.39 is 0 Å². The largest absolute Gasteiger partial charge is 0.380 e. The van der Waals surface area contributed by atoms with Gasteiger partial charge in [0.25, 0.3) is 0 Å². The summed E-state index contributed by atoms with van der Waals surface area (Å²) in [6.45, 7) is 6.59. The van der Waals surface area contributed by atoms with Gasteiger partial charge in [-0.2, -0.15) is 0 Å². The maximum Gasteiger partial charge on any atom is 0.0698 e. The zero-order valence-corrected chi connectivity index (χ0v) is 8.97. The van der Waals surface area contributed by atoms with E-state index >= 15 is 0 Å². The van der Waals surface area contributed by atoms with Crippen LogP contribution in [-0.4, -0.2) is 38.3 Å². The molecule has 1 aliphatic heterocycles. The fraction of sp³-hybridized carbons (Fsp3) is 1.00. The van der Waals surface area contributed by atoms with Gasteiger partial charge in [-0.1, -0.05) is 20.3 Å². The second-order valence-corrected chi connectivity index (χ2v) is 3.47. The Bertz CT molecular complexity index is 95.8. The van der Waals surface area contributed by atoms with Crippen molar-refractivity contribution in [3.8, 4) is 0 Å². The molecule has 0 aromatic carbocycles. The van der Waals surface area contributed by atoms with Gasteiger partial charge in [-0.05, 0) is 26.4 Å². The molecule has 1 unspecified atom stereocenters. The van der Waals surface area contributed by atoms with Gasteiger partial charge in [-0.15, -0.1) is 0 Å². The van der Waals surface area contributed by atoms with Crippen LogP contribution >= 0.6 is 0 Å². The van der Waals surface area contributed by atoms with Crippen LogP contribution in [0.5, 0.6) is 0 Å². The fourth-order valence-electron chi connectivity index (χ4n) is 1.31. The number of ether oxygens (including phenoxy) is 1. The van der Waals surface area contributed by atoms with Crippen molar-refractivity contribution in [1.82, 2.24) is 4.90 Å². The molecular formula is C10H23NO. The van der Waals surface area contributed by atoms with Crippen molar-refractivity contribution in [2.75, 3.05) is 27.2 Å². The number of methoxy groups -OCH3 is 1. The number of hydrogen-bond donors (Lipinski definition) is 0. The summed E-state index contributed by atoms with van der Waals surface area (Å²) in [5.41, 5.74) is 0. The first kappa shape index (κ1) is 11.9. The van der Waals surface area contributed by atoms with Gasteiger partial charge in [-0.25, -0.2) is 0 Å². The van der Waals surface area contributed by atoms with E-state index in [0.29, 0.717) is 6.10 Å². The number of rotatable bonds is 1. The molecular weight excluding hydrogens is 150 g/mol. The van der Waals surface area contributed by atoms with Gasteiger partial charge in [-0.3, -0.25) is 0 Å². The van der Waals surface area contributed by atoms with Crippen LogP contribution in [0, 0.1) is 0 Å². The van der Waals surface area contributed by atoms with E-state index in [1.54, 1.807) is 7.11 Å². The molecule has 0 aliphatic carbocycles. The number of hydrogen-bond acceptors (Lipinski definition) is 2. The van der Waals surface area contributed by atoms with Crippen molar-refractivity contribution in [3.05, 3.63) is 0 Å². The summed E-state index contributed by atoms with van der Waals surface area (Å²) in [7, 11) is 3.94. The first-order chi connectivity index (χ1) is 5.74. The molecule has 1 heterocycles.